The van der Waals surface area contributed by atoms with Crippen molar-refractivity contribution in [2.75, 3.05) is 0 Å². The summed E-state index contributed by atoms with van der Waals surface area (Å²) < 4.78 is 0. The summed E-state index contributed by atoms with van der Waals surface area (Å²) in [5.41, 5.74) is 0. The third kappa shape index (κ3) is 9.01. The molecular weight excluding hydrogens is 553 g/mol. The van der Waals surface area contributed by atoms with Crippen molar-refractivity contribution in [1.29, 1.82) is 0 Å². The van der Waals surface area contributed by atoms with Crippen LogP contribution in [0.25, 0.3) is 0 Å². The van der Waals surface area contributed by atoms with E-state index in [0.29, 0.717) is 0 Å². The summed E-state index contributed by atoms with van der Waals surface area (Å²) in [5.74, 6) is 15.0. The van der Waals surface area contributed by atoms with Gasteiger partial charge in [0, 0.05) is 0 Å². The van der Waals surface area contributed by atoms with Crippen LogP contribution in [0.4, 0.5) is 0 Å². The van der Waals surface area contributed by atoms with E-state index in [1.165, 1.54) is 51.4 Å². The molecule has 266 valence electrons. The van der Waals surface area contributed by atoms with Crippen molar-refractivity contribution in [2.24, 2.45) is 82.9 Å². The summed E-state index contributed by atoms with van der Waals surface area (Å²) in [6.07, 6.45) is 43.7. The normalized spacial score (nSPS) is 46.2. The van der Waals surface area contributed by atoms with Gasteiger partial charge in [0.25, 0.3) is 0 Å². The Labute approximate surface area is 289 Å². The largest absolute Gasteiger partial charge is 0.0654 e. The second-order valence-electron chi connectivity index (χ2n) is 19.5. The zero-order valence-corrected chi connectivity index (χ0v) is 31.9. The average Bonchev–Trinajstić information content (AvgIpc) is 3.10. The Morgan fingerprint density at radius 1 is 0.326 bits per heavy atom. The Bertz CT molecular complexity index is 826. The predicted octanol–water partition coefficient (Wildman–Crippen LogP) is 14.7. The highest BCUT2D eigenvalue weighted by Crippen LogP contribution is 2.55. The molecule has 0 N–H and O–H groups in total. The molecule has 6 rings (SSSR count). The molecule has 0 amide bonds. The molecule has 0 aromatic carbocycles. The molecule has 6 atom stereocenters. The van der Waals surface area contributed by atoms with Gasteiger partial charge in [0.05, 0.1) is 0 Å². The van der Waals surface area contributed by atoms with Crippen molar-refractivity contribution >= 4 is 0 Å². The quantitative estimate of drug-likeness (QED) is 0.212. The SMILES string of the molecule is CCCC1CCC(C2CCC(C3CCC(CCC)C(C4CC(C5CCC(C6CCC(C)CC6)CC5)CCC4CCC)C3)CC2)CC1. The highest BCUT2D eigenvalue weighted by molar-refractivity contribution is 4.95. The summed E-state index contributed by atoms with van der Waals surface area (Å²) in [5, 5.41) is 0. The smallest absolute Gasteiger partial charge is 0.0352 e. The Morgan fingerprint density at radius 2 is 0.630 bits per heavy atom. The Balaban J connectivity index is 1.04. The van der Waals surface area contributed by atoms with Crippen LogP contribution < -0.4 is 0 Å². The van der Waals surface area contributed by atoms with Crippen molar-refractivity contribution in [3.8, 4) is 0 Å². The van der Waals surface area contributed by atoms with Gasteiger partial charge in [0.15, 0.2) is 0 Å². The molecule has 0 radical (unpaired) electrons. The van der Waals surface area contributed by atoms with Crippen LogP contribution in [0.1, 0.15) is 207 Å². The summed E-state index contributed by atoms with van der Waals surface area (Å²) in [6.45, 7) is 9.90. The molecule has 0 spiro atoms. The molecule has 0 aromatic heterocycles. The first-order chi connectivity index (χ1) is 22.6. The highest BCUT2D eigenvalue weighted by atomic mass is 14.5. The van der Waals surface area contributed by atoms with Crippen LogP contribution in [0, 0.1) is 82.9 Å². The Kier molecular flexibility index (Phi) is 13.8. The minimum Gasteiger partial charge on any atom is -0.0654 e. The molecule has 0 heteroatoms. The summed E-state index contributed by atoms with van der Waals surface area (Å²) in [7, 11) is 0. The molecule has 0 heterocycles. The topological polar surface area (TPSA) is 0 Å². The lowest BCUT2D eigenvalue weighted by Gasteiger charge is -2.50. The lowest BCUT2D eigenvalue weighted by molar-refractivity contribution is -0.00359. The fourth-order valence-corrected chi connectivity index (χ4v) is 14.3. The van der Waals surface area contributed by atoms with Gasteiger partial charge >= 0.3 is 0 Å². The van der Waals surface area contributed by atoms with E-state index in [0.717, 1.165) is 82.9 Å². The van der Waals surface area contributed by atoms with Gasteiger partial charge in [0.2, 0.25) is 0 Å². The summed E-state index contributed by atoms with van der Waals surface area (Å²) >= 11 is 0. The maximum Gasteiger partial charge on any atom is -0.0352 e. The summed E-state index contributed by atoms with van der Waals surface area (Å²) in [6, 6.07) is 0. The van der Waals surface area contributed by atoms with Crippen LogP contribution in [0.15, 0.2) is 0 Å². The van der Waals surface area contributed by atoms with E-state index in [1.54, 1.807) is 128 Å². The monoisotopic (exact) mass is 635 g/mol. The van der Waals surface area contributed by atoms with Crippen LogP contribution in [-0.2, 0) is 0 Å². The second-order valence-corrected chi connectivity index (χ2v) is 19.5. The molecular formula is C46H82. The predicted molar refractivity (Wildman–Crippen MR) is 201 cm³/mol. The molecule has 0 aliphatic heterocycles. The van der Waals surface area contributed by atoms with E-state index >= 15 is 0 Å². The molecule has 6 aliphatic rings. The van der Waals surface area contributed by atoms with Gasteiger partial charge in [-0.1, -0.05) is 91.9 Å². The van der Waals surface area contributed by atoms with Gasteiger partial charge in [-0.05, 0) is 198 Å². The van der Waals surface area contributed by atoms with Crippen molar-refractivity contribution in [2.45, 2.75) is 207 Å². The minimum absolute atomic E-state index is 1.01. The third-order valence-corrected chi connectivity index (χ3v) is 17.0. The molecule has 0 aromatic rings. The standard InChI is InChI=1S/C46H82/c1-5-8-34-13-17-36(18-14-34)38-21-25-40(26-22-38)44-30-28-42(10-7-3)46(32-44)45-31-43(29-27-41(45)9-6-2)39-23-19-37(20-24-39)35-15-11-33(4)12-16-35/h33-46H,5-32H2,1-4H3. The first-order valence-corrected chi connectivity index (χ1v) is 22.6. The minimum atomic E-state index is 1.01. The van der Waals surface area contributed by atoms with E-state index < -0.39 is 0 Å². The lowest BCUT2D eigenvalue weighted by Crippen LogP contribution is -2.41. The molecule has 0 saturated heterocycles. The number of hydrogen-bond acceptors (Lipinski definition) is 0. The van der Waals surface area contributed by atoms with Crippen LogP contribution in [0.2, 0.25) is 0 Å². The van der Waals surface area contributed by atoms with Crippen LogP contribution >= 0.6 is 0 Å². The van der Waals surface area contributed by atoms with E-state index in [1.807, 2.05) is 0 Å². The van der Waals surface area contributed by atoms with E-state index in [9.17, 15) is 0 Å². The maximum absolute atomic E-state index is 2.50. The number of rotatable bonds is 11. The number of hydrogen-bond donors (Lipinski definition) is 0. The van der Waals surface area contributed by atoms with Crippen molar-refractivity contribution in [1.82, 2.24) is 0 Å². The van der Waals surface area contributed by atoms with Crippen molar-refractivity contribution in [3.05, 3.63) is 0 Å². The second kappa shape index (κ2) is 17.8. The molecule has 0 bridgehead atoms. The van der Waals surface area contributed by atoms with Gasteiger partial charge in [-0.15, -0.1) is 0 Å². The van der Waals surface area contributed by atoms with Gasteiger partial charge < -0.3 is 0 Å². The molecule has 6 fully saturated rings. The van der Waals surface area contributed by atoms with E-state index in [4.69, 9.17) is 0 Å². The maximum atomic E-state index is 2.50. The fraction of sp³-hybridized carbons (Fsp3) is 1.00. The van der Waals surface area contributed by atoms with Crippen molar-refractivity contribution in [3.63, 3.8) is 0 Å². The third-order valence-electron chi connectivity index (χ3n) is 17.0. The van der Waals surface area contributed by atoms with Gasteiger partial charge in [0.1, 0.15) is 0 Å². The van der Waals surface area contributed by atoms with Crippen LogP contribution in [0.3, 0.4) is 0 Å². The molecule has 46 heavy (non-hydrogen) atoms. The van der Waals surface area contributed by atoms with E-state index in [2.05, 4.69) is 27.7 Å². The van der Waals surface area contributed by atoms with Crippen LogP contribution in [0.5, 0.6) is 0 Å². The molecule has 6 aliphatic carbocycles. The van der Waals surface area contributed by atoms with E-state index in [-0.39, 0.29) is 0 Å². The fourth-order valence-electron chi connectivity index (χ4n) is 14.3. The first-order valence-electron chi connectivity index (χ1n) is 22.6. The van der Waals surface area contributed by atoms with Crippen molar-refractivity contribution < 1.29 is 0 Å². The zero-order chi connectivity index (χ0) is 31.9. The highest BCUT2D eigenvalue weighted by Gasteiger charge is 2.45. The summed E-state index contributed by atoms with van der Waals surface area (Å²) in [4.78, 5) is 0. The first kappa shape index (κ1) is 35.8. The Morgan fingerprint density at radius 3 is 1.00 bits per heavy atom. The zero-order valence-electron chi connectivity index (χ0n) is 31.9. The lowest BCUT2D eigenvalue weighted by atomic mass is 9.55. The Hall–Kier alpha value is 0. The van der Waals surface area contributed by atoms with Gasteiger partial charge in [-0.25, -0.2) is 0 Å². The molecule has 6 saturated carbocycles. The molecule has 0 nitrogen and oxygen atoms in total. The average molecular weight is 635 g/mol. The van der Waals surface area contributed by atoms with Crippen LogP contribution in [-0.4, -0.2) is 0 Å². The van der Waals surface area contributed by atoms with Gasteiger partial charge in [-0.3, -0.25) is 0 Å². The molecule has 6 unspecified atom stereocenters. The van der Waals surface area contributed by atoms with Gasteiger partial charge in [-0.2, -0.15) is 0 Å².